The van der Waals surface area contributed by atoms with Gasteiger partial charge in [-0.15, -0.1) is 0 Å². The van der Waals surface area contributed by atoms with Crippen molar-refractivity contribution in [2.75, 3.05) is 0 Å². The monoisotopic (exact) mass is 342 g/mol. The molecule has 0 spiro atoms. The van der Waals surface area contributed by atoms with Crippen LogP contribution in [0.3, 0.4) is 0 Å². The van der Waals surface area contributed by atoms with Crippen LogP contribution in [0.4, 0.5) is 0 Å². The summed E-state index contributed by atoms with van der Waals surface area (Å²) in [6.45, 7) is 5.61. The molecule has 0 saturated carbocycles. The summed E-state index contributed by atoms with van der Waals surface area (Å²) in [6, 6.07) is 0. The van der Waals surface area contributed by atoms with E-state index in [1.165, 1.54) is 0 Å². The fraction of sp³-hybridized carbons (Fsp3) is 0.800. The van der Waals surface area contributed by atoms with Crippen molar-refractivity contribution < 1.29 is 14.6 Å². The zero-order valence-electron chi connectivity index (χ0n) is 9.04. The number of aliphatic hydroxyl groups is 1. The summed E-state index contributed by atoms with van der Waals surface area (Å²) in [5.74, 6) is -0.641. The molecule has 0 aromatic rings. The highest BCUT2D eigenvalue weighted by atomic mass is 79.9. The zero-order chi connectivity index (χ0) is 11.6. The first-order valence-corrected chi connectivity index (χ1v) is 6.51. The number of ether oxygens (including phenoxy) is 2. The van der Waals surface area contributed by atoms with Crippen LogP contribution in [0, 0.1) is 0 Å². The zero-order valence-corrected chi connectivity index (χ0v) is 12.2. The lowest BCUT2D eigenvalue weighted by Gasteiger charge is -2.20. The summed E-state index contributed by atoms with van der Waals surface area (Å²) in [6.07, 6.45) is 1.44. The first-order valence-electron chi connectivity index (χ1n) is 4.92. The fourth-order valence-electron chi connectivity index (χ4n) is 1.60. The third-order valence-electron chi connectivity index (χ3n) is 2.25. The number of aliphatic hydroxyl groups excluding tert-OH is 1. The highest BCUT2D eigenvalue weighted by Gasteiger charge is 2.43. The molecule has 3 atom stereocenters. The van der Waals surface area contributed by atoms with Gasteiger partial charge in [-0.25, -0.2) is 0 Å². The number of hydrogen-bond acceptors (Lipinski definition) is 3. The van der Waals surface area contributed by atoms with E-state index in [1.807, 2.05) is 26.8 Å². The first kappa shape index (κ1) is 13.6. The van der Waals surface area contributed by atoms with E-state index in [0.717, 1.165) is 3.39 Å². The minimum absolute atomic E-state index is 0.233. The second kappa shape index (κ2) is 5.27. The van der Waals surface area contributed by atoms with E-state index in [2.05, 4.69) is 31.9 Å². The van der Waals surface area contributed by atoms with Crippen LogP contribution in [-0.2, 0) is 9.47 Å². The van der Waals surface area contributed by atoms with E-state index in [-0.39, 0.29) is 12.2 Å². The molecule has 1 N–H and O–H groups in total. The summed E-state index contributed by atoms with van der Waals surface area (Å²) < 4.78 is 12.1. The van der Waals surface area contributed by atoms with Crippen LogP contribution in [0.15, 0.2) is 9.47 Å². The van der Waals surface area contributed by atoms with Crippen LogP contribution in [0.25, 0.3) is 0 Å². The molecule has 0 radical (unpaired) electrons. The van der Waals surface area contributed by atoms with E-state index in [9.17, 15) is 5.11 Å². The smallest absolute Gasteiger partial charge is 0.164 e. The third-order valence-corrected chi connectivity index (χ3v) is 2.78. The van der Waals surface area contributed by atoms with Gasteiger partial charge in [0.2, 0.25) is 0 Å². The van der Waals surface area contributed by atoms with Crippen molar-refractivity contribution in [3.05, 3.63) is 9.47 Å². The van der Waals surface area contributed by atoms with Gasteiger partial charge in [0.1, 0.15) is 12.2 Å². The predicted molar refractivity (Wildman–Crippen MR) is 66.1 cm³/mol. The lowest BCUT2D eigenvalue weighted by molar-refractivity contribution is -0.153. The van der Waals surface area contributed by atoms with Gasteiger partial charge in [0, 0.05) is 0 Å². The third kappa shape index (κ3) is 3.82. The molecule has 0 unspecified atom stereocenters. The molecule has 1 heterocycles. The molecular formula is C10H16Br2O3. The summed E-state index contributed by atoms with van der Waals surface area (Å²) in [5, 5.41) is 9.81. The fourth-order valence-corrected chi connectivity index (χ4v) is 2.12. The number of rotatable bonds is 3. The predicted octanol–water partition coefficient (Wildman–Crippen LogP) is 2.91. The Bertz CT molecular complexity index is 249. The minimum atomic E-state index is -0.641. The maximum Gasteiger partial charge on any atom is 0.164 e. The second-order valence-corrected chi connectivity index (χ2v) is 6.77. The van der Waals surface area contributed by atoms with Gasteiger partial charge in [-0.1, -0.05) is 6.92 Å². The first-order chi connectivity index (χ1) is 6.85. The number of hydrogen-bond donors (Lipinski definition) is 1. The summed E-state index contributed by atoms with van der Waals surface area (Å²) in [7, 11) is 0. The maximum atomic E-state index is 9.81. The summed E-state index contributed by atoms with van der Waals surface area (Å²) in [4.78, 5) is 0. The van der Waals surface area contributed by atoms with Gasteiger partial charge in [-0.3, -0.25) is 0 Å². The Labute approximate surface area is 107 Å². The van der Waals surface area contributed by atoms with Crippen LogP contribution < -0.4 is 0 Å². The van der Waals surface area contributed by atoms with Gasteiger partial charge < -0.3 is 14.6 Å². The van der Waals surface area contributed by atoms with Crippen molar-refractivity contribution in [2.24, 2.45) is 0 Å². The van der Waals surface area contributed by atoms with Gasteiger partial charge in [-0.05, 0) is 58.2 Å². The van der Waals surface area contributed by atoms with E-state index in [4.69, 9.17) is 9.47 Å². The Balaban J connectivity index is 2.79. The molecule has 0 aromatic heterocycles. The van der Waals surface area contributed by atoms with Crippen LogP contribution in [0.5, 0.6) is 0 Å². The van der Waals surface area contributed by atoms with Crippen molar-refractivity contribution in [1.29, 1.82) is 0 Å². The largest absolute Gasteiger partial charge is 0.390 e. The molecule has 88 valence electrons. The van der Waals surface area contributed by atoms with Crippen molar-refractivity contribution in [1.82, 2.24) is 0 Å². The van der Waals surface area contributed by atoms with Crippen molar-refractivity contribution in [3.8, 4) is 0 Å². The topological polar surface area (TPSA) is 38.7 Å². The molecule has 0 bridgehead atoms. The van der Waals surface area contributed by atoms with E-state index in [0.29, 0.717) is 6.42 Å². The van der Waals surface area contributed by atoms with Gasteiger partial charge >= 0.3 is 0 Å². The van der Waals surface area contributed by atoms with Gasteiger partial charge in [-0.2, -0.15) is 0 Å². The molecule has 1 saturated heterocycles. The molecule has 3 nitrogen and oxygen atoms in total. The average molecular weight is 344 g/mol. The molecule has 1 aliphatic heterocycles. The van der Waals surface area contributed by atoms with Gasteiger partial charge in [0.15, 0.2) is 5.79 Å². The molecule has 15 heavy (non-hydrogen) atoms. The van der Waals surface area contributed by atoms with Crippen LogP contribution in [0.1, 0.15) is 27.2 Å². The van der Waals surface area contributed by atoms with Crippen molar-refractivity contribution >= 4 is 31.9 Å². The minimum Gasteiger partial charge on any atom is -0.390 e. The standard InChI is InChI=1S/C10H16Br2O3/c1-4-6(13)9-7(5-8(11)12)14-10(2,3)15-9/h5-7,9,13H,4H2,1-3H3/t6-,7+,9-/m0/s1. The Morgan fingerprint density at radius 1 is 1.47 bits per heavy atom. The SMILES string of the molecule is CC[C@H](O)[C@@H]1OC(C)(C)O[C@@H]1C=C(Br)Br. The highest BCUT2D eigenvalue weighted by Crippen LogP contribution is 2.33. The molecule has 0 amide bonds. The lowest BCUT2D eigenvalue weighted by atomic mass is 10.1. The summed E-state index contributed by atoms with van der Waals surface area (Å²) >= 11 is 6.56. The van der Waals surface area contributed by atoms with Crippen LogP contribution in [-0.4, -0.2) is 29.2 Å². The molecule has 1 rings (SSSR count). The Morgan fingerprint density at radius 2 is 2.07 bits per heavy atom. The quantitative estimate of drug-likeness (QED) is 0.856. The van der Waals surface area contributed by atoms with Crippen molar-refractivity contribution in [2.45, 2.75) is 51.3 Å². The molecule has 5 heteroatoms. The second-order valence-electron chi connectivity index (χ2n) is 4.00. The van der Waals surface area contributed by atoms with E-state index >= 15 is 0 Å². The normalized spacial score (nSPS) is 31.3. The summed E-state index contributed by atoms with van der Waals surface area (Å²) in [5.41, 5.74) is 0. The maximum absolute atomic E-state index is 9.81. The Kier molecular flexibility index (Phi) is 4.80. The number of halogens is 2. The molecular weight excluding hydrogens is 328 g/mol. The molecule has 0 aliphatic carbocycles. The average Bonchev–Trinajstić information content (AvgIpc) is 2.38. The Hall–Kier alpha value is 0.580. The lowest BCUT2D eigenvalue weighted by Crippen LogP contribution is -2.34. The van der Waals surface area contributed by atoms with E-state index in [1.54, 1.807) is 0 Å². The molecule has 0 aromatic carbocycles. The molecule has 1 fully saturated rings. The van der Waals surface area contributed by atoms with E-state index < -0.39 is 11.9 Å². The Morgan fingerprint density at radius 3 is 2.53 bits per heavy atom. The van der Waals surface area contributed by atoms with Crippen LogP contribution in [0.2, 0.25) is 0 Å². The molecule has 1 aliphatic rings. The highest BCUT2D eigenvalue weighted by molar-refractivity contribution is 9.28. The van der Waals surface area contributed by atoms with Crippen molar-refractivity contribution in [3.63, 3.8) is 0 Å². The van der Waals surface area contributed by atoms with Gasteiger partial charge in [0.05, 0.1) is 9.50 Å². The van der Waals surface area contributed by atoms with Gasteiger partial charge in [0.25, 0.3) is 0 Å². The van der Waals surface area contributed by atoms with Crippen LogP contribution >= 0.6 is 31.9 Å².